The van der Waals surface area contributed by atoms with Crippen LogP contribution in [0.4, 0.5) is 0 Å². The Morgan fingerprint density at radius 2 is 2.04 bits per heavy atom. The van der Waals surface area contributed by atoms with Gasteiger partial charge in [-0.1, -0.05) is 13.8 Å². The van der Waals surface area contributed by atoms with Crippen molar-refractivity contribution in [2.75, 3.05) is 7.05 Å². The minimum absolute atomic E-state index is 0. The average molecular weight is 486 g/mol. The Kier molecular flexibility index (Phi) is 7.24. The van der Waals surface area contributed by atoms with E-state index in [0.717, 1.165) is 42.7 Å². The summed E-state index contributed by atoms with van der Waals surface area (Å²) in [6, 6.07) is 0.318. The molecule has 0 radical (unpaired) electrons. The summed E-state index contributed by atoms with van der Waals surface area (Å²) in [5.41, 5.74) is 3.46. The number of aliphatic imine (C=N–C) groups is 1. The number of nitrogens with zero attached hydrogens (tertiary/aromatic N) is 6. The molecule has 0 amide bonds. The van der Waals surface area contributed by atoms with Gasteiger partial charge in [-0.2, -0.15) is 5.10 Å². The van der Waals surface area contributed by atoms with E-state index in [1.807, 2.05) is 25.7 Å². The van der Waals surface area contributed by atoms with Crippen molar-refractivity contribution in [3.8, 4) is 0 Å². The van der Waals surface area contributed by atoms with Gasteiger partial charge in [0, 0.05) is 56.8 Å². The van der Waals surface area contributed by atoms with Crippen LogP contribution in [0.3, 0.4) is 0 Å². The molecule has 3 rings (SSSR count). The summed E-state index contributed by atoms with van der Waals surface area (Å²) in [5.74, 6) is 3.36. The number of aromatic nitrogens is 5. The molecule has 2 aromatic heterocycles. The standard InChI is InChI=1S/C18H30N8.HI/c1-11(2)17-23-22-16-8-7-14(10-26(16)17)21-18(19-5)20-9-15-12(3)24-25(6)13(15)4;/h11,14H,7-10H2,1-6H3,(H2,19,20,21);1H. The van der Waals surface area contributed by atoms with Crippen LogP contribution in [0.5, 0.6) is 0 Å². The van der Waals surface area contributed by atoms with Gasteiger partial charge in [0.1, 0.15) is 11.6 Å². The number of guanidine groups is 1. The first-order valence-corrected chi connectivity index (χ1v) is 9.29. The number of hydrogen-bond acceptors (Lipinski definition) is 4. The summed E-state index contributed by atoms with van der Waals surface area (Å²) in [7, 11) is 3.79. The van der Waals surface area contributed by atoms with Gasteiger partial charge in [0.05, 0.1) is 5.69 Å². The molecule has 1 aliphatic rings. The average Bonchev–Trinajstić information content (AvgIpc) is 3.13. The fourth-order valence-electron chi connectivity index (χ4n) is 3.53. The molecule has 1 unspecified atom stereocenters. The molecule has 150 valence electrons. The van der Waals surface area contributed by atoms with Crippen LogP contribution >= 0.6 is 24.0 Å². The summed E-state index contributed by atoms with van der Waals surface area (Å²) in [4.78, 5) is 4.39. The molecule has 1 aliphatic heterocycles. The van der Waals surface area contributed by atoms with Crippen molar-refractivity contribution in [1.82, 2.24) is 35.2 Å². The third kappa shape index (κ3) is 4.61. The Labute approximate surface area is 178 Å². The van der Waals surface area contributed by atoms with Gasteiger partial charge in [-0.15, -0.1) is 34.2 Å². The predicted molar refractivity (Wildman–Crippen MR) is 118 cm³/mol. The zero-order valence-electron chi connectivity index (χ0n) is 17.1. The molecule has 2 aromatic rings. The van der Waals surface area contributed by atoms with E-state index in [1.54, 1.807) is 0 Å². The second kappa shape index (κ2) is 9.03. The van der Waals surface area contributed by atoms with Gasteiger partial charge in [0.25, 0.3) is 0 Å². The minimum atomic E-state index is 0. The third-order valence-corrected chi connectivity index (χ3v) is 5.15. The summed E-state index contributed by atoms with van der Waals surface area (Å²) < 4.78 is 4.18. The van der Waals surface area contributed by atoms with Crippen LogP contribution in [0.25, 0.3) is 0 Å². The van der Waals surface area contributed by atoms with Crippen LogP contribution in [-0.4, -0.2) is 43.6 Å². The van der Waals surface area contributed by atoms with Gasteiger partial charge in [-0.05, 0) is 20.3 Å². The first kappa shape index (κ1) is 21.6. The molecule has 8 nitrogen and oxygen atoms in total. The Balaban J connectivity index is 0.00000261. The summed E-state index contributed by atoms with van der Waals surface area (Å²) >= 11 is 0. The highest BCUT2D eigenvalue weighted by Crippen LogP contribution is 2.20. The van der Waals surface area contributed by atoms with Crippen LogP contribution in [0.2, 0.25) is 0 Å². The zero-order chi connectivity index (χ0) is 18.8. The van der Waals surface area contributed by atoms with Gasteiger partial charge < -0.3 is 15.2 Å². The van der Waals surface area contributed by atoms with E-state index < -0.39 is 0 Å². The summed E-state index contributed by atoms with van der Waals surface area (Å²) in [6.07, 6.45) is 1.97. The first-order chi connectivity index (χ1) is 12.4. The van der Waals surface area contributed by atoms with E-state index in [9.17, 15) is 0 Å². The van der Waals surface area contributed by atoms with Crippen LogP contribution in [-0.2, 0) is 26.6 Å². The Bertz CT molecular complexity index is 805. The predicted octanol–water partition coefficient (Wildman–Crippen LogP) is 2.05. The normalized spacial score (nSPS) is 16.9. The van der Waals surface area contributed by atoms with Crippen LogP contribution in [0.15, 0.2) is 4.99 Å². The topological polar surface area (TPSA) is 84.9 Å². The summed E-state index contributed by atoms with van der Waals surface area (Å²) in [6.45, 7) is 10.0. The maximum absolute atomic E-state index is 4.47. The molecular weight excluding hydrogens is 455 g/mol. The minimum Gasteiger partial charge on any atom is -0.352 e. The molecular formula is C18H31IN8. The molecule has 3 heterocycles. The van der Waals surface area contributed by atoms with Crippen molar-refractivity contribution in [3.63, 3.8) is 0 Å². The van der Waals surface area contributed by atoms with E-state index >= 15 is 0 Å². The number of aryl methyl sites for hydroxylation is 3. The van der Waals surface area contributed by atoms with E-state index in [-0.39, 0.29) is 24.0 Å². The Morgan fingerprint density at radius 1 is 1.30 bits per heavy atom. The number of hydrogen-bond donors (Lipinski definition) is 2. The highest BCUT2D eigenvalue weighted by atomic mass is 127. The maximum Gasteiger partial charge on any atom is 0.191 e. The second-order valence-electron chi connectivity index (χ2n) is 7.32. The lowest BCUT2D eigenvalue weighted by Gasteiger charge is -2.27. The lowest BCUT2D eigenvalue weighted by Crippen LogP contribution is -2.47. The fourth-order valence-corrected chi connectivity index (χ4v) is 3.53. The first-order valence-electron chi connectivity index (χ1n) is 9.29. The van der Waals surface area contributed by atoms with Crippen molar-refractivity contribution < 1.29 is 0 Å². The quantitative estimate of drug-likeness (QED) is 0.393. The smallest absolute Gasteiger partial charge is 0.191 e. The monoisotopic (exact) mass is 486 g/mol. The number of halogens is 1. The third-order valence-electron chi connectivity index (χ3n) is 5.15. The van der Waals surface area contributed by atoms with Crippen molar-refractivity contribution in [1.29, 1.82) is 0 Å². The van der Waals surface area contributed by atoms with Crippen molar-refractivity contribution in [2.24, 2.45) is 12.0 Å². The molecule has 0 saturated heterocycles. The van der Waals surface area contributed by atoms with Crippen LogP contribution in [0, 0.1) is 13.8 Å². The van der Waals surface area contributed by atoms with Crippen LogP contribution < -0.4 is 10.6 Å². The van der Waals surface area contributed by atoms with Crippen molar-refractivity contribution in [2.45, 2.75) is 65.6 Å². The molecule has 0 aromatic carbocycles. The molecule has 2 N–H and O–H groups in total. The fraction of sp³-hybridized carbons (Fsp3) is 0.667. The number of rotatable bonds is 4. The van der Waals surface area contributed by atoms with E-state index in [4.69, 9.17) is 0 Å². The zero-order valence-corrected chi connectivity index (χ0v) is 19.4. The van der Waals surface area contributed by atoms with E-state index in [2.05, 4.69) is 56.3 Å². The Morgan fingerprint density at radius 3 is 2.63 bits per heavy atom. The molecule has 1 atom stereocenters. The lowest BCUT2D eigenvalue weighted by molar-refractivity contribution is 0.407. The SMILES string of the molecule is CN=C(NCc1c(C)nn(C)c1C)NC1CCc2nnc(C(C)C)n2C1.I. The van der Waals surface area contributed by atoms with Crippen molar-refractivity contribution in [3.05, 3.63) is 28.6 Å². The molecule has 0 fully saturated rings. The van der Waals surface area contributed by atoms with Gasteiger partial charge in [0.15, 0.2) is 5.96 Å². The largest absolute Gasteiger partial charge is 0.352 e. The van der Waals surface area contributed by atoms with Gasteiger partial charge in [-0.3, -0.25) is 9.67 Å². The highest BCUT2D eigenvalue weighted by molar-refractivity contribution is 14.0. The lowest BCUT2D eigenvalue weighted by atomic mass is 10.1. The van der Waals surface area contributed by atoms with Crippen LogP contribution in [0.1, 0.15) is 54.8 Å². The second-order valence-corrected chi connectivity index (χ2v) is 7.32. The highest BCUT2D eigenvalue weighted by Gasteiger charge is 2.24. The van der Waals surface area contributed by atoms with Crippen molar-refractivity contribution >= 4 is 29.9 Å². The Hall–Kier alpha value is -1.65. The summed E-state index contributed by atoms with van der Waals surface area (Å²) in [5, 5.41) is 20.2. The molecule has 0 aliphatic carbocycles. The van der Waals surface area contributed by atoms with E-state index in [0.29, 0.717) is 18.5 Å². The molecule has 0 bridgehead atoms. The van der Waals surface area contributed by atoms with Gasteiger partial charge in [-0.25, -0.2) is 0 Å². The van der Waals surface area contributed by atoms with Gasteiger partial charge >= 0.3 is 0 Å². The van der Waals surface area contributed by atoms with E-state index in [1.165, 1.54) is 11.3 Å². The molecule has 0 spiro atoms. The number of nitrogens with one attached hydrogen (secondary N) is 2. The molecule has 9 heteroatoms. The number of fused-ring (bicyclic) bond motifs is 1. The molecule has 27 heavy (non-hydrogen) atoms. The maximum atomic E-state index is 4.47. The van der Waals surface area contributed by atoms with Gasteiger partial charge in [0.2, 0.25) is 0 Å². The molecule has 0 saturated carbocycles.